The first-order valence-electron chi connectivity index (χ1n) is 8.48. The number of halogens is 1. The fourth-order valence-electron chi connectivity index (χ4n) is 2.47. The number of hydrogen-bond donors (Lipinski definition) is 2. The van der Waals surface area contributed by atoms with Crippen LogP contribution in [0, 0.1) is 0 Å². The predicted molar refractivity (Wildman–Crippen MR) is 105 cm³/mol. The van der Waals surface area contributed by atoms with E-state index in [1.165, 1.54) is 26.2 Å². The summed E-state index contributed by atoms with van der Waals surface area (Å²) in [6.07, 6.45) is -0.933. The molecule has 8 heteroatoms. The molecule has 2 rings (SSSR count). The number of nitrogens with two attached hydrogens (primary N) is 1. The second-order valence-electron chi connectivity index (χ2n) is 6.02. The van der Waals surface area contributed by atoms with Gasteiger partial charge >= 0.3 is 11.9 Å². The molecular formula is C20H21ClN2O5. The number of ether oxygens (including phenoxy) is 2. The van der Waals surface area contributed by atoms with Crippen molar-refractivity contribution in [1.82, 2.24) is 5.32 Å². The summed E-state index contributed by atoms with van der Waals surface area (Å²) in [4.78, 5) is 35.7. The summed E-state index contributed by atoms with van der Waals surface area (Å²) in [6, 6.07) is 11.2. The molecule has 0 heterocycles. The SMILES string of the molecule is COC(=O)c1ccc(CNCC(=O)OC(C)C(=O)c2cccc(Cl)c2)c(N)c1. The van der Waals surface area contributed by atoms with Crippen LogP contribution in [0.5, 0.6) is 0 Å². The van der Waals surface area contributed by atoms with Crippen LogP contribution >= 0.6 is 11.6 Å². The van der Waals surface area contributed by atoms with E-state index in [0.29, 0.717) is 33.9 Å². The molecule has 7 nitrogen and oxygen atoms in total. The van der Waals surface area contributed by atoms with Crippen molar-refractivity contribution in [3.8, 4) is 0 Å². The number of methoxy groups -OCH3 is 1. The van der Waals surface area contributed by atoms with Crippen molar-refractivity contribution in [2.24, 2.45) is 0 Å². The second kappa shape index (κ2) is 9.87. The molecule has 148 valence electrons. The normalized spacial score (nSPS) is 11.5. The molecule has 28 heavy (non-hydrogen) atoms. The highest BCUT2D eigenvalue weighted by Crippen LogP contribution is 2.15. The fraction of sp³-hybridized carbons (Fsp3) is 0.250. The monoisotopic (exact) mass is 404 g/mol. The molecule has 0 aliphatic rings. The first-order valence-corrected chi connectivity index (χ1v) is 8.86. The van der Waals surface area contributed by atoms with E-state index in [1.54, 1.807) is 30.3 Å². The number of hydrogen-bond acceptors (Lipinski definition) is 7. The van der Waals surface area contributed by atoms with Crippen LogP contribution in [0.4, 0.5) is 5.69 Å². The number of esters is 2. The Morgan fingerprint density at radius 1 is 1.14 bits per heavy atom. The average molecular weight is 405 g/mol. The minimum Gasteiger partial charge on any atom is -0.465 e. The maximum Gasteiger partial charge on any atom is 0.337 e. The zero-order chi connectivity index (χ0) is 20.7. The summed E-state index contributed by atoms with van der Waals surface area (Å²) in [5.41, 5.74) is 7.73. The van der Waals surface area contributed by atoms with Crippen LogP contribution in [0.3, 0.4) is 0 Å². The Morgan fingerprint density at radius 2 is 1.89 bits per heavy atom. The molecule has 0 fully saturated rings. The van der Waals surface area contributed by atoms with Crippen molar-refractivity contribution in [2.75, 3.05) is 19.4 Å². The van der Waals surface area contributed by atoms with E-state index in [0.717, 1.165) is 0 Å². The Morgan fingerprint density at radius 3 is 2.54 bits per heavy atom. The number of nitrogen functional groups attached to an aromatic ring is 1. The van der Waals surface area contributed by atoms with E-state index in [1.807, 2.05) is 0 Å². The fourth-order valence-corrected chi connectivity index (χ4v) is 2.66. The Balaban J connectivity index is 1.84. The summed E-state index contributed by atoms with van der Waals surface area (Å²) in [6.45, 7) is 1.69. The van der Waals surface area contributed by atoms with Crippen LogP contribution in [0.1, 0.15) is 33.2 Å². The van der Waals surface area contributed by atoms with E-state index in [4.69, 9.17) is 22.1 Å². The van der Waals surface area contributed by atoms with E-state index in [9.17, 15) is 14.4 Å². The third kappa shape index (κ3) is 5.80. The molecular weight excluding hydrogens is 384 g/mol. The van der Waals surface area contributed by atoms with Gasteiger partial charge in [-0.25, -0.2) is 4.79 Å². The molecule has 2 aromatic rings. The summed E-state index contributed by atoms with van der Waals surface area (Å²) in [7, 11) is 1.29. The van der Waals surface area contributed by atoms with Crippen molar-refractivity contribution in [3.63, 3.8) is 0 Å². The van der Waals surface area contributed by atoms with Gasteiger partial charge in [0.2, 0.25) is 5.78 Å². The molecule has 0 spiro atoms. The second-order valence-corrected chi connectivity index (χ2v) is 6.45. The number of anilines is 1. The highest BCUT2D eigenvalue weighted by atomic mass is 35.5. The average Bonchev–Trinajstić information content (AvgIpc) is 2.67. The lowest BCUT2D eigenvalue weighted by Gasteiger charge is -2.13. The van der Waals surface area contributed by atoms with Crippen LogP contribution in [-0.4, -0.2) is 37.5 Å². The smallest absolute Gasteiger partial charge is 0.337 e. The van der Waals surface area contributed by atoms with Crippen molar-refractivity contribution in [3.05, 3.63) is 64.2 Å². The van der Waals surface area contributed by atoms with Crippen molar-refractivity contribution < 1.29 is 23.9 Å². The molecule has 3 N–H and O–H groups in total. The van der Waals surface area contributed by atoms with Crippen LogP contribution in [-0.2, 0) is 20.8 Å². The van der Waals surface area contributed by atoms with E-state index in [-0.39, 0.29) is 12.3 Å². The Hall–Kier alpha value is -2.90. The minimum absolute atomic E-state index is 0.106. The van der Waals surface area contributed by atoms with E-state index < -0.39 is 18.0 Å². The Kier molecular flexibility index (Phi) is 7.54. The topological polar surface area (TPSA) is 108 Å². The highest BCUT2D eigenvalue weighted by Gasteiger charge is 2.19. The zero-order valence-electron chi connectivity index (χ0n) is 15.5. The van der Waals surface area contributed by atoms with E-state index >= 15 is 0 Å². The molecule has 0 bridgehead atoms. The summed E-state index contributed by atoms with van der Waals surface area (Å²) in [5, 5.41) is 3.33. The molecule has 1 atom stereocenters. The number of rotatable bonds is 8. The molecule has 0 saturated carbocycles. The lowest BCUT2D eigenvalue weighted by molar-refractivity contribution is -0.145. The van der Waals surface area contributed by atoms with Crippen LogP contribution in [0.25, 0.3) is 0 Å². The lowest BCUT2D eigenvalue weighted by Crippen LogP contribution is -2.30. The third-order valence-electron chi connectivity index (χ3n) is 3.94. The molecule has 0 saturated heterocycles. The number of carbonyl (C=O) groups excluding carboxylic acids is 3. The first-order chi connectivity index (χ1) is 13.3. The quantitative estimate of drug-likeness (QED) is 0.395. The molecule has 2 aromatic carbocycles. The van der Waals surface area contributed by atoms with Crippen LogP contribution in [0.2, 0.25) is 5.02 Å². The van der Waals surface area contributed by atoms with Crippen molar-refractivity contribution >= 4 is 35.0 Å². The standard InChI is InChI=1S/C20H21ClN2O5/c1-12(19(25)13-4-3-5-16(21)8-13)28-18(24)11-23-10-15-7-6-14(9-17(15)22)20(26)27-2/h3-9,12,23H,10-11,22H2,1-2H3. The first kappa shape index (κ1) is 21.4. The molecule has 0 aromatic heterocycles. The molecule has 1 unspecified atom stereocenters. The summed E-state index contributed by atoms with van der Waals surface area (Å²) in [5.74, 6) is -1.39. The van der Waals surface area contributed by atoms with Gasteiger partial charge in [-0.3, -0.25) is 9.59 Å². The van der Waals surface area contributed by atoms with Gasteiger partial charge in [0, 0.05) is 22.8 Å². The van der Waals surface area contributed by atoms with E-state index in [2.05, 4.69) is 10.1 Å². The lowest BCUT2D eigenvalue weighted by atomic mass is 10.1. The number of Topliss-reactive ketones (excluding diaryl/α,β-unsaturated/α-hetero) is 1. The van der Waals surface area contributed by atoms with Crippen molar-refractivity contribution in [2.45, 2.75) is 19.6 Å². The van der Waals surface area contributed by atoms with Crippen molar-refractivity contribution in [1.29, 1.82) is 0 Å². The van der Waals surface area contributed by atoms with Crippen LogP contribution in [0.15, 0.2) is 42.5 Å². The van der Waals surface area contributed by atoms with Gasteiger partial charge in [-0.2, -0.15) is 0 Å². The highest BCUT2D eigenvalue weighted by molar-refractivity contribution is 6.31. The molecule has 0 aliphatic carbocycles. The third-order valence-corrected chi connectivity index (χ3v) is 4.17. The summed E-state index contributed by atoms with van der Waals surface area (Å²) >= 11 is 5.87. The zero-order valence-corrected chi connectivity index (χ0v) is 16.3. The predicted octanol–water partition coefficient (Wildman–Crippen LogP) is 2.61. The Labute approximate surface area is 167 Å². The van der Waals surface area contributed by atoms with Crippen LogP contribution < -0.4 is 11.1 Å². The van der Waals surface area contributed by atoms with Gasteiger partial charge in [-0.15, -0.1) is 0 Å². The van der Waals surface area contributed by atoms with Gasteiger partial charge in [-0.1, -0.05) is 29.8 Å². The van der Waals surface area contributed by atoms with Gasteiger partial charge in [0.15, 0.2) is 6.10 Å². The summed E-state index contributed by atoms with van der Waals surface area (Å²) < 4.78 is 9.79. The minimum atomic E-state index is -0.933. The maximum atomic E-state index is 12.3. The number of nitrogens with one attached hydrogen (secondary N) is 1. The number of benzene rings is 2. The van der Waals surface area contributed by atoms with Gasteiger partial charge in [0.25, 0.3) is 0 Å². The maximum absolute atomic E-state index is 12.3. The molecule has 0 aliphatic heterocycles. The van der Waals surface area contributed by atoms with Gasteiger partial charge in [0.1, 0.15) is 0 Å². The number of ketones is 1. The largest absolute Gasteiger partial charge is 0.465 e. The molecule has 0 radical (unpaired) electrons. The number of carbonyl (C=O) groups is 3. The van der Waals surface area contributed by atoms with Gasteiger partial charge < -0.3 is 20.5 Å². The van der Waals surface area contributed by atoms with Gasteiger partial charge in [0.05, 0.1) is 19.2 Å². The Bertz CT molecular complexity index is 885. The molecule has 0 amide bonds. The van der Waals surface area contributed by atoms with Gasteiger partial charge in [-0.05, 0) is 36.8 Å².